The molecule has 1 aromatic carbocycles. The van der Waals surface area contributed by atoms with Crippen LogP contribution in [0.2, 0.25) is 0 Å². The average Bonchev–Trinajstić information content (AvgIpc) is 2.53. The molecule has 2 aliphatic heterocycles. The van der Waals surface area contributed by atoms with Crippen LogP contribution in [0, 0.1) is 0 Å². The van der Waals surface area contributed by atoms with Crippen molar-refractivity contribution in [2.24, 2.45) is 0 Å². The molecule has 2 aliphatic rings. The Balaban J connectivity index is 1.66. The van der Waals surface area contributed by atoms with Crippen molar-refractivity contribution in [3.63, 3.8) is 0 Å². The van der Waals surface area contributed by atoms with Crippen molar-refractivity contribution in [1.29, 1.82) is 0 Å². The van der Waals surface area contributed by atoms with Gasteiger partial charge in [0.1, 0.15) is 5.60 Å². The summed E-state index contributed by atoms with van der Waals surface area (Å²) >= 11 is 0. The summed E-state index contributed by atoms with van der Waals surface area (Å²) < 4.78 is 5.63. The molecule has 3 heteroatoms. The molecular formula is C22H29NO2. The van der Waals surface area contributed by atoms with Crippen molar-refractivity contribution in [3.8, 4) is 0 Å². The van der Waals surface area contributed by atoms with Gasteiger partial charge in [-0.15, -0.1) is 0 Å². The minimum atomic E-state index is -0.437. The molecule has 0 aromatic heterocycles. The van der Waals surface area contributed by atoms with Crippen LogP contribution >= 0.6 is 0 Å². The molecule has 3 nitrogen and oxygen atoms in total. The van der Waals surface area contributed by atoms with Gasteiger partial charge in [-0.3, -0.25) is 4.90 Å². The van der Waals surface area contributed by atoms with E-state index in [1.54, 1.807) is 0 Å². The van der Waals surface area contributed by atoms with Gasteiger partial charge in [0, 0.05) is 6.04 Å². The SMILES string of the molecule is CC(C)(C)OC(=O)N1C2C=C(C/C=C/c3ccccc3)CC1CCC2. The van der Waals surface area contributed by atoms with Crippen LogP contribution in [0.5, 0.6) is 0 Å². The fourth-order valence-corrected chi connectivity index (χ4v) is 3.78. The van der Waals surface area contributed by atoms with Crippen molar-refractivity contribution >= 4 is 12.2 Å². The topological polar surface area (TPSA) is 29.5 Å². The average molecular weight is 339 g/mol. The number of amides is 1. The molecule has 2 heterocycles. The third-order valence-corrected chi connectivity index (χ3v) is 4.81. The summed E-state index contributed by atoms with van der Waals surface area (Å²) in [6.07, 6.45) is 11.8. The smallest absolute Gasteiger partial charge is 0.411 e. The Morgan fingerprint density at radius 2 is 2.00 bits per heavy atom. The van der Waals surface area contributed by atoms with Crippen LogP contribution in [-0.4, -0.2) is 28.7 Å². The number of fused-ring (bicyclic) bond motifs is 2. The second-order valence-corrected chi connectivity index (χ2v) is 8.09. The molecule has 1 fully saturated rings. The standard InChI is InChI=1S/C22H29NO2/c1-22(2,3)25-21(24)23-19-13-8-14-20(23)16-18(15-19)12-7-11-17-9-5-4-6-10-17/h4-7,9-11,15,19-20H,8,12-14,16H2,1-3H3/b11-7+. The van der Waals surface area contributed by atoms with Gasteiger partial charge in [-0.05, 0) is 58.4 Å². The molecule has 0 radical (unpaired) electrons. The predicted octanol–water partition coefficient (Wildman–Crippen LogP) is 5.58. The zero-order valence-corrected chi connectivity index (χ0v) is 15.6. The van der Waals surface area contributed by atoms with Crippen LogP contribution in [0.1, 0.15) is 58.4 Å². The molecular weight excluding hydrogens is 310 g/mol. The Kier molecular flexibility index (Phi) is 5.31. The van der Waals surface area contributed by atoms with Gasteiger partial charge >= 0.3 is 6.09 Å². The van der Waals surface area contributed by atoms with Crippen LogP contribution in [0.3, 0.4) is 0 Å². The van der Waals surface area contributed by atoms with Gasteiger partial charge in [0.15, 0.2) is 0 Å². The summed E-state index contributed by atoms with van der Waals surface area (Å²) in [5.74, 6) is 0. The number of benzene rings is 1. The van der Waals surface area contributed by atoms with Crippen LogP contribution in [0.25, 0.3) is 6.08 Å². The molecule has 0 N–H and O–H groups in total. The Morgan fingerprint density at radius 1 is 1.24 bits per heavy atom. The lowest BCUT2D eigenvalue weighted by Gasteiger charge is -2.45. The van der Waals surface area contributed by atoms with Crippen LogP contribution in [0.15, 0.2) is 48.1 Å². The molecule has 3 rings (SSSR count). The fraction of sp³-hybridized carbons (Fsp3) is 0.500. The molecule has 0 saturated carbocycles. The largest absolute Gasteiger partial charge is 0.444 e. The zero-order valence-electron chi connectivity index (χ0n) is 15.6. The molecule has 0 spiro atoms. The first-order valence-corrected chi connectivity index (χ1v) is 9.35. The highest BCUT2D eigenvalue weighted by atomic mass is 16.6. The van der Waals surface area contributed by atoms with Gasteiger partial charge in [0.25, 0.3) is 0 Å². The van der Waals surface area contributed by atoms with Crippen molar-refractivity contribution < 1.29 is 9.53 Å². The number of rotatable bonds is 3. The van der Waals surface area contributed by atoms with Crippen molar-refractivity contribution in [1.82, 2.24) is 4.90 Å². The maximum Gasteiger partial charge on any atom is 0.411 e. The van der Waals surface area contributed by atoms with E-state index in [0.29, 0.717) is 6.04 Å². The zero-order chi connectivity index (χ0) is 17.9. The van der Waals surface area contributed by atoms with E-state index in [4.69, 9.17) is 4.74 Å². The highest BCUT2D eigenvalue weighted by Crippen LogP contribution is 2.35. The second kappa shape index (κ2) is 7.47. The van der Waals surface area contributed by atoms with Crippen LogP contribution in [0.4, 0.5) is 4.79 Å². The van der Waals surface area contributed by atoms with E-state index in [1.807, 2.05) is 31.7 Å². The van der Waals surface area contributed by atoms with Gasteiger partial charge < -0.3 is 4.74 Å². The second-order valence-electron chi connectivity index (χ2n) is 8.09. The molecule has 1 saturated heterocycles. The fourth-order valence-electron chi connectivity index (χ4n) is 3.78. The Hall–Kier alpha value is -2.03. The molecule has 1 amide bonds. The summed E-state index contributed by atoms with van der Waals surface area (Å²) in [7, 11) is 0. The monoisotopic (exact) mass is 339 g/mol. The normalized spacial score (nSPS) is 23.5. The summed E-state index contributed by atoms with van der Waals surface area (Å²) in [5.41, 5.74) is 2.24. The Morgan fingerprint density at radius 3 is 2.68 bits per heavy atom. The first-order valence-electron chi connectivity index (χ1n) is 9.35. The van der Waals surface area contributed by atoms with Gasteiger partial charge in [-0.2, -0.15) is 0 Å². The van der Waals surface area contributed by atoms with E-state index in [0.717, 1.165) is 25.7 Å². The van der Waals surface area contributed by atoms with Crippen molar-refractivity contribution in [3.05, 3.63) is 53.6 Å². The van der Waals surface area contributed by atoms with E-state index in [9.17, 15) is 4.79 Å². The number of hydrogen-bond acceptors (Lipinski definition) is 2. The Labute approximate surface area is 151 Å². The van der Waals surface area contributed by atoms with E-state index < -0.39 is 5.60 Å². The minimum Gasteiger partial charge on any atom is -0.444 e. The summed E-state index contributed by atoms with van der Waals surface area (Å²) in [6, 6.07) is 10.9. The minimum absolute atomic E-state index is 0.155. The maximum atomic E-state index is 12.6. The third kappa shape index (κ3) is 4.75. The lowest BCUT2D eigenvalue weighted by atomic mass is 9.84. The molecule has 2 atom stereocenters. The molecule has 2 unspecified atom stereocenters. The highest BCUT2D eigenvalue weighted by Gasteiger charge is 2.38. The number of piperidine rings is 1. The summed E-state index contributed by atoms with van der Waals surface area (Å²) in [5, 5.41) is 0. The van der Waals surface area contributed by atoms with Gasteiger partial charge in [0.05, 0.1) is 6.04 Å². The maximum absolute atomic E-state index is 12.6. The number of carbonyl (C=O) groups excluding carboxylic acids is 1. The lowest BCUT2D eigenvalue weighted by Crippen LogP contribution is -2.53. The van der Waals surface area contributed by atoms with Crippen molar-refractivity contribution in [2.75, 3.05) is 0 Å². The van der Waals surface area contributed by atoms with E-state index >= 15 is 0 Å². The molecule has 25 heavy (non-hydrogen) atoms. The first kappa shape index (κ1) is 17.8. The predicted molar refractivity (Wildman–Crippen MR) is 102 cm³/mol. The molecule has 134 valence electrons. The number of allylic oxidation sites excluding steroid dienone is 1. The summed E-state index contributed by atoms with van der Waals surface area (Å²) in [6.45, 7) is 5.79. The lowest BCUT2D eigenvalue weighted by molar-refractivity contribution is -0.00148. The van der Waals surface area contributed by atoms with Gasteiger partial charge in [-0.25, -0.2) is 4.79 Å². The number of carbonyl (C=O) groups is 1. The molecule has 2 bridgehead atoms. The van der Waals surface area contributed by atoms with Crippen LogP contribution < -0.4 is 0 Å². The highest BCUT2D eigenvalue weighted by molar-refractivity contribution is 5.70. The summed E-state index contributed by atoms with van der Waals surface area (Å²) in [4.78, 5) is 14.6. The van der Waals surface area contributed by atoms with Crippen molar-refractivity contribution in [2.45, 2.75) is 70.6 Å². The first-order chi connectivity index (χ1) is 11.9. The molecule has 0 aliphatic carbocycles. The van der Waals surface area contributed by atoms with Crippen LogP contribution in [-0.2, 0) is 4.74 Å². The third-order valence-electron chi connectivity index (χ3n) is 4.81. The number of ether oxygens (including phenoxy) is 1. The van der Waals surface area contributed by atoms with E-state index in [1.165, 1.54) is 17.6 Å². The Bertz CT molecular complexity index is 654. The van der Waals surface area contributed by atoms with Gasteiger partial charge in [-0.1, -0.05) is 54.1 Å². The van der Waals surface area contributed by atoms with Gasteiger partial charge in [0.2, 0.25) is 0 Å². The van der Waals surface area contributed by atoms with E-state index in [2.05, 4.69) is 42.5 Å². The molecule has 1 aromatic rings. The number of hydrogen-bond donors (Lipinski definition) is 0. The van der Waals surface area contributed by atoms with E-state index in [-0.39, 0.29) is 12.1 Å². The quantitative estimate of drug-likeness (QED) is 0.673. The number of nitrogens with zero attached hydrogens (tertiary/aromatic N) is 1.